The predicted octanol–water partition coefficient (Wildman–Crippen LogP) is 4.02. The number of H-pyrrole nitrogens is 2. The molecule has 9 nitrogen and oxygen atoms in total. The van der Waals surface area contributed by atoms with Gasteiger partial charge in [0.2, 0.25) is 0 Å². The first kappa shape index (κ1) is 20.6. The van der Waals surface area contributed by atoms with Gasteiger partial charge in [-0.3, -0.25) is 4.79 Å². The molecule has 170 valence electrons. The number of pyridine rings is 1. The van der Waals surface area contributed by atoms with Crippen LogP contribution >= 0.6 is 11.6 Å². The average molecular weight is 473 g/mol. The molecule has 5 heterocycles. The van der Waals surface area contributed by atoms with Crippen molar-refractivity contribution < 1.29 is 0 Å². The molecule has 0 radical (unpaired) electrons. The number of aromatic amines is 2. The molecule has 0 unspecified atom stereocenters. The first-order valence-electron chi connectivity index (χ1n) is 11.0. The lowest BCUT2D eigenvalue weighted by Crippen LogP contribution is -2.23. The summed E-state index contributed by atoms with van der Waals surface area (Å²) in [6, 6.07) is 11.1. The molecule has 5 aromatic rings. The summed E-state index contributed by atoms with van der Waals surface area (Å²) < 4.78 is 3.40. The fourth-order valence-corrected chi connectivity index (χ4v) is 5.03. The minimum Gasteiger partial charge on any atom is -0.357 e. The Labute approximate surface area is 199 Å². The van der Waals surface area contributed by atoms with Crippen molar-refractivity contribution in [1.29, 1.82) is 0 Å². The lowest BCUT2D eigenvalue weighted by atomic mass is 10.0. The number of tetrazole rings is 1. The quantitative estimate of drug-likeness (QED) is 0.410. The minimum absolute atomic E-state index is 0.0810. The van der Waals surface area contributed by atoms with E-state index in [1.54, 1.807) is 16.8 Å². The summed E-state index contributed by atoms with van der Waals surface area (Å²) >= 11 is 6.29. The number of rotatable bonds is 4. The predicted molar refractivity (Wildman–Crippen MR) is 128 cm³/mol. The van der Waals surface area contributed by atoms with Crippen molar-refractivity contribution in [2.75, 3.05) is 0 Å². The Balaban J connectivity index is 1.40. The second kappa shape index (κ2) is 7.81. The van der Waals surface area contributed by atoms with Crippen LogP contribution in [0.5, 0.6) is 0 Å². The molecule has 10 heteroatoms. The molecule has 0 saturated heterocycles. The van der Waals surface area contributed by atoms with E-state index in [2.05, 4.69) is 43.5 Å². The normalized spacial score (nSPS) is 15.1. The second-order valence-corrected chi connectivity index (χ2v) is 9.04. The Hall–Kier alpha value is -3.98. The molecule has 0 fully saturated rings. The monoisotopic (exact) mass is 472 g/mol. The van der Waals surface area contributed by atoms with Crippen molar-refractivity contribution in [2.24, 2.45) is 0 Å². The zero-order valence-electron chi connectivity index (χ0n) is 18.6. The summed E-state index contributed by atoms with van der Waals surface area (Å²) in [4.78, 5) is 24.8. The van der Waals surface area contributed by atoms with Crippen LogP contribution < -0.4 is 5.56 Å². The highest BCUT2D eigenvalue weighted by Gasteiger charge is 2.28. The van der Waals surface area contributed by atoms with E-state index in [0.29, 0.717) is 5.02 Å². The van der Waals surface area contributed by atoms with Crippen LogP contribution in [0.4, 0.5) is 0 Å². The maximum absolute atomic E-state index is 13.3. The third-order valence-electron chi connectivity index (χ3n) is 6.33. The average Bonchev–Trinajstić information content (AvgIpc) is 3.60. The summed E-state index contributed by atoms with van der Waals surface area (Å²) in [5.41, 5.74) is 7.39. The molecule has 4 aromatic heterocycles. The number of hydrogen-bond acceptors (Lipinski definition) is 5. The van der Waals surface area contributed by atoms with E-state index in [1.165, 1.54) is 6.33 Å². The molecule has 2 N–H and O–H groups in total. The van der Waals surface area contributed by atoms with E-state index >= 15 is 0 Å². The molecule has 1 atom stereocenters. The number of nitrogens with zero attached hydrogens (tertiary/aromatic N) is 6. The van der Waals surface area contributed by atoms with Crippen molar-refractivity contribution in [3.05, 3.63) is 87.1 Å². The zero-order chi connectivity index (χ0) is 23.4. The molecule has 1 aliphatic heterocycles. The summed E-state index contributed by atoms with van der Waals surface area (Å²) in [5, 5.41) is 12.0. The van der Waals surface area contributed by atoms with E-state index < -0.39 is 0 Å². The van der Waals surface area contributed by atoms with Gasteiger partial charge < -0.3 is 14.5 Å². The van der Waals surface area contributed by atoms with Gasteiger partial charge in [0.15, 0.2) is 0 Å². The number of halogens is 1. The molecule has 1 aliphatic rings. The molecule has 0 saturated carbocycles. The summed E-state index contributed by atoms with van der Waals surface area (Å²) in [6.45, 7) is 4.10. The first-order valence-corrected chi connectivity index (χ1v) is 11.4. The second-order valence-electron chi connectivity index (χ2n) is 8.61. The van der Waals surface area contributed by atoms with E-state index in [1.807, 2.05) is 35.9 Å². The van der Waals surface area contributed by atoms with Crippen LogP contribution in [-0.4, -0.2) is 39.7 Å². The number of benzene rings is 1. The molecule has 0 amide bonds. The summed E-state index contributed by atoms with van der Waals surface area (Å²) in [7, 11) is 0. The van der Waals surface area contributed by atoms with Gasteiger partial charge >= 0.3 is 0 Å². The highest BCUT2D eigenvalue weighted by Crippen LogP contribution is 2.34. The highest BCUT2D eigenvalue weighted by molar-refractivity contribution is 6.31. The topological polar surface area (TPSA) is 110 Å². The van der Waals surface area contributed by atoms with Gasteiger partial charge in [-0.15, -0.1) is 5.10 Å². The number of hydrogen-bond donors (Lipinski definition) is 2. The van der Waals surface area contributed by atoms with Crippen molar-refractivity contribution in [2.45, 2.75) is 32.7 Å². The van der Waals surface area contributed by atoms with Crippen molar-refractivity contribution in [1.82, 2.24) is 39.7 Å². The molecule has 0 spiro atoms. The molecular formula is C24H21ClN8O. The van der Waals surface area contributed by atoms with Crippen LogP contribution in [0.15, 0.2) is 53.7 Å². The maximum atomic E-state index is 13.3. The van der Waals surface area contributed by atoms with Gasteiger partial charge in [-0.1, -0.05) is 11.6 Å². The Morgan fingerprint density at radius 1 is 1.12 bits per heavy atom. The Kier molecular flexibility index (Phi) is 4.73. The lowest BCUT2D eigenvalue weighted by molar-refractivity contribution is 0.572. The van der Waals surface area contributed by atoms with Gasteiger partial charge in [-0.25, -0.2) is 4.98 Å². The van der Waals surface area contributed by atoms with Gasteiger partial charge in [-0.05, 0) is 78.6 Å². The number of aryl methyl sites for hydroxylation is 3. The Morgan fingerprint density at radius 3 is 2.76 bits per heavy atom. The maximum Gasteiger partial charge on any atom is 0.252 e. The number of fused-ring (bicyclic) bond motifs is 1. The first-order chi connectivity index (χ1) is 16.5. The van der Waals surface area contributed by atoms with Crippen molar-refractivity contribution in [3.63, 3.8) is 0 Å². The van der Waals surface area contributed by atoms with Crippen LogP contribution in [0.25, 0.3) is 28.2 Å². The van der Waals surface area contributed by atoms with Crippen LogP contribution in [0.2, 0.25) is 5.02 Å². The zero-order valence-corrected chi connectivity index (χ0v) is 19.3. The smallest absolute Gasteiger partial charge is 0.252 e. The van der Waals surface area contributed by atoms with Crippen LogP contribution in [0.1, 0.15) is 35.2 Å². The van der Waals surface area contributed by atoms with Gasteiger partial charge in [0.25, 0.3) is 5.56 Å². The summed E-state index contributed by atoms with van der Waals surface area (Å²) in [6.07, 6.45) is 4.91. The van der Waals surface area contributed by atoms with E-state index in [0.717, 1.165) is 63.8 Å². The SMILES string of the molecule is Cc1cc(C)c(-c2cnc([C@@H]3CCc4cc(-c5cc(Cl)ccc5-n5cnnn5)cc(=O)n43)[nH]2)[nH]1. The third kappa shape index (κ3) is 3.36. The summed E-state index contributed by atoms with van der Waals surface area (Å²) in [5.74, 6) is 0.785. The van der Waals surface area contributed by atoms with Gasteiger partial charge in [0, 0.05) is 28.0 Å². The molecule has 1 aromatic carbocycles. The van der Waals surface area contributed by atoms with Crippen LogP contribution in [0, 0.1) is 13.8 Å². The van der Waals surface area contributed by atoms with Gasteiger partial charge in [0.1, 0.15) is 12.2 Å². The largest absolute Gasteiger partial charge is 0.357 e. The number of imidazole rings is 1. The van der Waals surface area contributed by atoms with Gasteiger partial charge in [0.05, 0.1) is 29.3 Å². The van der Waals surface area contributed by atoms with Gasteiger partial charge in [-0.2, -0.15) is 4.68 Å². The van der Waals surface area contributed by atoms with Crippen LogP contribution in [-0.2, 0) is 6.42 Å². The minimum atomic E-state index is -0.139. The number of aromatic nitrogens is 8. The molecule has 0 aliphatic carbocycles. The lowest BCUT2D eigenvalue weighted by Gasteiger charge is -2.15. The van der Waals surface area contributed by atoms with Crippen molar-refractivity contribution in [3.8, 4) is 28.2 Å². The van der Waals surface area contributed by atoms with Crippen molar-refractivity contribution >= 4 is 11.6 Å². The van der Waals surface area contributed by atoms with E-state index in [-0.39, 0.29) is 11.6 Å². The molecule has 34 heavy (non-hydrogen) atoms. The highest BCUT2D eigenvalue weighted by atomic mass is 35.5. The fourth-order valence-electron chi connectivity index (χ4n) is 4.86. The molecule has 6 rings (SSSR count). The van der Waals surface area contributed by atoms with E-state index in [4.69, 9.17) is 11.6 Å². The fraction of sp³-hybridized carbons (Fsp3) is 0.208. The Bertz CT molecular complexity index is 1580. The number of nitrogens with one attached hydrogen (secondary N) is 2. The standard InChI is InChI=1S/C24H21ClN8O/c1-13-7-14(2)28-23(13)19-11-26-24(29-19)21-6-4-17-8-15(9-22(34)33(17)21)18-10-16(25)3-5-20(18)32-12-27-30-31-32/h3,5,7-12,21,28H,4,6H2,1-2H3,(H,26,29)/t21-/m0/s1. The third-order valence-corrected chi connectivity index (χ3v) is 6.56. The van der Waals surface area contributed by atoms with E-state index in [9.17, 15) is 4.79 Å². The van der Waals surface area contributed by atoms with Crippen LogP contribution in [0.3, 0.4) is 0 Å². The molecule has 0 bridgehead atoms. The molecular weight excluding hydrogens is 452 g/mol. The Morgan fingerprint density at radius 2 is 2.00 bits per heavy atom.